The average Bonchev–Trinajstić information content (AvgIpc) is 2.77. The van der Waals surface area contributed by atoms with Crippen LogP contribution in [-0.2, 0) is 29.6 Å². The minimum absolute atomic E-state index is 0. The van der Waals surface area contributed by atoms with E-state index < -0.39 is 0 Å². The van der Waals surface area contributed by atoms with E-state index in [1.54, 1.807) is 0 Å². The Kier molecular flexibility index (Phi) is 7.14. The van der Waals surface area contributed by atoms with Crippen LogP contribution in [0.2, 0.25) is 0 Å². The fourth-order valence-electron chi connectivity index (χ4n) is 2.22. The van der Waals surface area contributed by atoms with Gasteiger partial charge >= 0.3 is 16.8 Å². The van der Waals surface area contributed by atoms with Gasteiger partial charge in [-0.2, -0.15) is 0 Å². The molecule has 0 unspecified atom stereocenters. The monoisotopic (exact) mass is 271 g/mol. The van der Waals surface area contributed by atoms with Crippen LogP contribution in [0.5, 0.6) is 0 Å². The summed E-state index contributed by atoms with van der Waals surface area (Å²) in [5.74, 6) is 0. The molecule has 2 aliphatic rings. The van der Waals surface area contributed by atoms with Crippen molar-refractivity contribution >= 4 is 0 Å². The average molecular weight is 271 g/mol. The predicted molar refractivity (Wildman–Crippen MR) is 69.6 cm³/mol. The molecule has 2 aliphatic carbocycles. The van der Waals surface area contributed by atoms with Gasteiger partial charge < -0.3 is 6.07 Å². The predicted octanol–water partition coefficient (Wildman–Crippen LogP) is 4.36. The van der Waals surface area contributed by atoms with Crippen molar-refractivity contribution in [2.45, 2.75) is 44.9 Å². The SMILES string of the molecule is C1=CCC/C=C\CC1.[Co+2].[c-]1ccc2[c-]1CCC2. The van der Waals surface area contributed by atoms with Crippen molar-refractivity contribution in [3.05, 3.63) is 53.6 Å². The molecule has 0 spiro atoms. The van der Waals surface area contributed by atoms with E-state index in [4.69, 9.17) is 0 Å². The molecule has 1 aromatic rings. The van der Waals surface area contributed by atoms with Gasteiger partial charge in [-0.25, -0.2) is 0 Å². The van der Waals surface area contributed by atoms with Gasteiger partial charge in [0, 0.05) is 0 Å². The largest absolute Gasteiger partial charge is 2.00 e. The summed E-state index contributed by atoms with van der Waals surface area (Å²) in [6.45, 7) is 0. The van der Waals surface area contributed by atoms with E-state index in [0.29, 0.717) is 0 Å². The van der Waals surface area contributed by atoms with Crippen molar-refractivity contribution in [3.63, 3.8) is 0 Å². The molecular weight excluding hydrogens is 251 g/mol. The van der Waals surface area contributed by atoms with Gasteiger partial charge in [0.05, 0.1) is 0 Å². The fourth-order valence-corrected chi connectivity index (χ4v) is 2.22. The second-order valence-corrected chi connectivity index (χ2v) is 4.43. The third-order valence-electron chi connectivity index (χ3n) is 3.14. The molecule has 17 heavy (non-hydrogen) atoms. The van der Waals surface area contributed by atoms with Gasteiger partial charge in [0.25, 0.3) is 0 Å². The van der Waals surface area contributed by atoms with Gasteiger partial charge in [-0.1, -0.05) is 43.6 Å². The summed E-state index contributed by atoms with van der Waals surface area (Å²) in [5, 5.41) is 0. The first-order valence-electron chi connectivity index (χ1n) is 6.42. The zero-order chi connectivity index (χ0) is 11.1. The molecular formula is C16H20Co. The molecule has 0 N–H and O–H groups in total. The van der Waals surface area contributed by atoms with E-state index in [1.807, 2.05) is 6.07 Å². The van der Waals surface area contributed by atoms with Gasteiger partial charge in [0.15, 0.2) is 0 Å². The third-order valence-corrected chi connectivity index (χ3v) is 3.14. The molecule has 93 valence electrons. The summed E-state index contributed by atoms with van der Waals surface area (Å²) < 4.78 is 0. The number of hydrogen-bond acceptors (Lipinski definition) is 0. The summed E-state index contributed by atoms with van der Waals surface area (Å²) in [7, 11) is 0. The summed E-state index contributed by atoms with van der Waals surface area (Å²) in [5.41, 5.74) is 3.00. The Labute approximate surface area is 115 Å². The second-order valence-electron chi connectivity index (χ2n) is 4.43. The number of fused-ring (bicyclic) bond motifs is 1. The Balaban J connectivity index is 0.000000161. The molecule has 0 nitrogen and oxygen atoms in total. The topological polar surface area (TPSA) is 0 Å². The molecule has 0 aromatic heterocycles. The van der Waals surface area contributed by atoms with Crippen LogP contribution < -0.4 is 0 Å². The fraction of sp³-hybridized carbons (Fsp3) is 0.438. The van der Waals surface area contributed by atoms with Gasteiger partial charge in [-0.3, -0.25) is 23.3 Å². The molecule has 0 aliphatic heterocycles. The van der Waals surface area contributed by atoms with Crippen molar-refractivity contribution in [1.82, 2.24) is 0 Å². The minimum atomic E-state index is 0. The van der Waals surface area contributed by atoms with Crippen molar-refractivity contribution in [1.29, 1.82) is 0 Å². The maximum atomic E-state index is 3.22. The second kappa shape index (κ2) is 8.43. The van der Waals surface area contributed by atoms with E-state index >= 15 is 0 Å². The molecule has 1 aromatic carbocycles. The first-order valence-corrected chi connectivity index (χ1v) is 6.42. The maximum absolute atomic E-state index is 3.22. The first-order chi connectivity index (χ1) is 7.97. The van der Waals surface area contributed by atoms with Crippen molar-refractivity contribution in [2.24, 2.45) is 0 Å². The smallest absolute Gasteiger partial charge is 0.316 e. The van der Waals surface area contributed by atoms with Crippen molar-refractivity contribution in [3.8, 4) is 0 Å². The van der Waals surface area contributed by atoms with Gasteiger partial charge in [0.2, 0.25) is 0 Å². The molecule has 0 amide bonds. The van der Waals surface area contributed by atoms with Crippen molar-refractivity contribution in [2.75, 3.05) is 0 Å². The van der Waals surface area contributed by atoms with E-state index in [0.717, 1.165) is 0 Å². The van der Waals surface area contributed by atoms with E-state index in [-0.39, 0.29) is 16.8 Å². The van der Waals surface area contributed by atoms with Gasteiger partial charge in [-0.15, -0.1) is 0 Å². The number of hydrogen-bond donors (Lipinski definition) is 0. The van der Waals surface area contributed by atoms with Gasteiger partial charge in [-0.05, 0) is 25.7 Å². The molecule has 3 rings (SSSR count). The maximum Gasteiger partial charge on any atom is 2.00 e. The standard InChI is InChI=1S/C8H8.C8H12.Co/c1-3-7-5-2-6-8(7)4-1;1-2-4-6-8-7-5-3-1;/h1,3H,2,5-6H2;1-2,7-8H,3-6H2;/q-2;;+2/b;2-1-,8-7?;. The van der Waals surface area contributed by atoms with Gasteiger partial charge in [0.1, 0.15) is 0 Å². The van der Waals surface area contributed by atoms with Crippen LogP contribution in [0.3, 0.4) is 0 Å². The molecule has 0 atom stereocenters. The number of rotatable bonds is 0. The molecule has 0 fully saturated rings. The molecule has 0 heterocycles. The molecule has 0 bridgehead atoms. The van der Waals surface area contributed by atoms with Crippen LogP contribution in [0, 0.1) is 6.07 Å². The Morgan fingerprint density at radius 1 is 0.941 bits per heavy atom. The number of allylic oxidation sites excluding steroid dienone is 4. The zero-order valence-electron chi connectivity index (χ0n) is 10.2. The van der Waals surface area contributed by atoms with E-state index in [2.05, 4.69) is 36.4 Å². The molecule has 1 radical (unpaired) electrons. The molecule has 0 saturated carbocycles. The van der Waals surface area contributed by atoms with Crippen LogP contribution in [0.25, 0.3) is 0 Å². The summed E-state index contributed by atoms with van der Waals surface area (Å²) in [6, 6.07) is 7.43. The quantitative estimate of drug-likeness (QED) is 0.485. The summed E-state index contributed by atoms with van der Waals surface area (Å²) in [6.07, 6.45) is 17.9. The first kappa shape index (κ1) is 14.4. The zero-order valence-corrected chi connectivity index (χ0v) is 11.3. The van der Waals surface area contributed by atoms with Crippen LogP contribution in [0.1, 0.15) is 43.2 Å². The Morgan fingerprint density at radius 3 is 2.06 bits per heavy atom. The third kappa shape index (κ3) is 5.01. The van der Waals surface area contributed by atoms with E-state index in [1.165, 1.54) is 56.1 Å². The van der Waals surface area contributed by atoms with Crippen LogP contribution in [0.15, 0.2) is 36.4 Å². The van der Waals surface area contributed by atoms with Crippen molar-refractivity contribution < 1.29 is 16.8 Å². The number of aryl methyl sites for hydroxylation is 2. The Bertz CT molecular complexity index is 313. The Morgan fingerprint density at radius 2 is 1.53 bits per heavy atom. The Hall–Kier alpha value is -0.664. The van der Waals surface area contributed by atoms with Crippen LogP contribution in [0.4, 0.5) is 0 Å². The normalized spacial score (nSPS) is 19.1. The minimum Gasteiger partial charge on any atom is -0.316 e. The van der Waals surface area contributed by atoms with Crippen LogP contribution in [-0.4, -0.2) is 0 Å². The summed E-state index contributed by atoms with van der Waals surface area (Å²) in [4.78, 5) is 0. The molecule has 0 saturated heterocycles. The van der Waals surface area contributed by atoms with E-state index in [9.17, 15) is 0 Å². The van der Waals surface area contributed by atoms with Crippen LogP contribution >= 0.6 is 0 Å². The molecule has 1 heteroatoms. The summed E-state index contributed by atoms with van der Waals surface area (Å²) >= 11 is 0.